The Kier molecular flexibility index (Phi) is 11.3. The molecule has 2 aromatic carbocycles. The van der Waals surface area contributed by atoms with E-state index in [1.165, 1.54) is 9.21 Å². The van der Waals surface area contributed by atoms with E-state index in [-0.39, 0.29) is 43.8 Å². The smallest absolute Gasteiger partial charge is 0.243 e. The van der Waals surface area contributed by atoms with Crippen molar-refractivity contribution < 1.29 is 18.0 Å². The van der Waals surface area contributed by atoms with Gasteiger partial charge in [-0.15, -0.1) is 0 Å². The van der Waals surface area contributed by atoms with Crippen molar-refractivity contribution in [2.24, 2.45) is 0 Å². The summed E-state index contributed by atoms with van der Waals surface area (Å²) in [6, 6.07) is 9.86. The summed E-state index contributed by atoms with van der Waals surface area (Å²) in [5, 5.41) is 3.69. The van der Waals surface area contributed by atoms with Gasteiger partial charge in [-0.3, -0.25) is 13.9 Å². The number of sulfonamides is 1. The van der Waals surface area contributed by atoms with Crippen LogP contribution in [0.25, 0.3) is 0 Å². The van der Waals surface area contributed by atoms with Crippen LogP contribution in [-0.4, -0.2) is 50.0 Å². The van der Waals surface area contributed by atoms with Crippen LogP contribution in [0.15, 0.2) is 36.4 Å². The minimum absolute atomic E-state index is 0.0460. The molecule has 0 fully saturated rings. The number of benzene rings is 2. The van der Waals surface area contributed by atoms with Gasteiger partial charge in [0, 0.05) is 41.2 Å². The molecule has 0 aliphatic carbocycles. The van der Waals surface area contributed by atoms with Crippen molar-refractivity contribution in [1.82, 2.24) is 10.2 Å². The van der Waals surface area contributed by atoms with E-state index in [1.54, 1.807) is 18.2 Å². The number of amides is 2. The molecule has 2 rings (SSSR count). The van der Waals surface area contributed by atoms with Gasteiger partial charge in [0.2, 0.25) is 21.8 Å². The monoisotopic (exact) mass is 569 g/mol. The van der Waals surface area contributed by atoms with Gasteiger partial charge in [0.05, 0.1) is 11.9 Å². The third-order valence-corrected chi connectivity index (χ3v) is 7.76. The molecule has 0 saturated heterocycles. The maximum absolute atomic E-state index is 13.5. The predicted molar refractivity (Wildman–Crippen MR) is 152 cm³/mol. The van der Waals surface area contributed by atoms with E-state index < -0.39 is 16.1 Å². The van der Waals surface area contributed by atoms with Crippen molar-refractivity contribution >= 4 is 50.7 Å². The lowest BCUT2D eigenvalue weighted by Crippen LogP contribution is -2.50. The SMILES string of the molecule is CCC(C(=O)NC(C)C)N(Cc1c(Cl)cccc1Cl)C(=O)CCCN(c1cc(C)cc(C)c1)S(C)(=O)=O. The average Bonchev–Trinajstić information content (AvgIpc) is 2.76. The highest BCUT2D eigenvalue weighted by Crippen LogP contribution is 2.28. The molecule has 1 N–H and O–H groups in total. The highest BCUT2D eigenvalue weighted by Gasteiger charge is 2.30. The molecule has 0 heterocycles. The summed E-state index contributed by atoms with van der Waals surface area (Å²) in [4.78, 5) is 28.0. The highest BCUT2D eigenvalue weighted by molar-refractivity contribution is 7.92. The van der Waals surface area contributed by atoms with E-state index in [4.69, 9.17) is 23.2 Å². The first-order valence-corrected chi connectivity index (χ1v) is 14.9. The van der Waals surface area contributed by atoms with Gasteiger partial charge in [0.1, 0.15) is 6.04 Å². The van der Waals surface area contributed by atoms with Crippen LogP contribution in [0, 0.1) is 13.8 Å². The van der Waals surface area contributed by atoms with Gasteiger partial charge in [-0.25, -0.2) is 8.42 Å². The van der Waals surface area contributed by atoms with Crippen LogP contribution >= 0.6 is 23.2 Å². The number of halogens is 2. The molecule has 0 aliphatic rings. The molecule has 1 unspecified atom stereocenters. The predicted octanol–water partition coefficient (Wildman–Crippen LogP) is 5.49. The Hall–Kier alpha value is -2.29. The summed E-state index contributed by atoms with van der Waals surface area (Å²) in [6.45, 7) is 9.56. The molecule has 0 saturated carbocycles. The second-order valence-corrected chi connectivity index (χ2v) is 12.3. The molecule has 0 bridgehead atoms. The van der Waals surface area contributed by atoms with E-state index in [2.05, 4.69) is 5.32 Å². The zero-order chi connectivity index (χ0) is 27.9. The Bertz CT molecular complexity index is 1180. The van der Waals surface area contributed by atoms with Gasteiger partial charge in [-0.2, -0.15) is 0 Å². The quantitative estimate of drug-likeness (QED) is 0.366. The third kappa shape index (κ3) is 8.90. The van der Waals surface area contributed by atoms with Crippen LogP contribution in [0.3, 0.4) is 0 Å². The zero-order valence-electron chi connectivity index (χ0n) is 22.3. The fraction of sp³-hybridized carbons (Fsp3) is 0.481. The number of hydrogen-bond donors (Lipinski definition) is 1. The Balaban J connectivity index is 2.30. The number of aryl methyl sites for hydroxylation is 2. The molecule has 2 amide bonds. The Morgan fingerprint density at radius 3 is 2.08 bits per heavy atom. The molecule has 1 atom stereocenters. The lowest BCUT2D eigenvalue weighted by Gasteiger charge is -2.32. The van der Waals surface area contributed by atoms with Crippen LogP contribution < -0.4 is 9.62 Å². The van der Waals surface area contributed by atoms with Crippen LogP contribution in [-0.2, 0) is 26.2 Å². The van der Waals surface area contributed by atoms with Crippen molar-refractivity contribution in [2.75, 3.05) is 17.1 Å². The summed E-state index contributed by atoms with van der Waals surface area (Å²) in [7, 11) is -3.57. The number of carbonyl (C=O) groups is 2. The van der Waals surface area contributed by atoms with E-state index >= 15 is 0 Å². The number of carbonyl (C=O) groups excluding carboxylic acids is 2. The fourth-order valence-electron chi connectivity index (χ4n) is 4.25. The summed E-state index contributed by atoms with van der Waals surface area (Å²) in [5.41, 5.74) is 3.02. The Labute approximate surface area is 231 Å². The number of rotatable bonds is 12. The van der Waals surface area contributed by atoms with Gasteiger partial charge in [-0.1, -0.05) is 42.3 Å². The van der Waals surface area contributed by atoms with E-state index in [0.717, 1.165) is 17.4 Å². The van der Waals surface area contributed by atoms with Crippen LogP contribution in [0.2, 0.25) is 10.0 Å². The normalized spacial score (nSPS) is 12.4. The number of nitrogens with zero attached hydrogens (tertiary/aromatic N) is 2. The molecule has 2 aromatic rings. The van der Waals surface area contributed by atoms with Crippen LogP contribution in [0.1, 0.15) is 56.7 Å². The maximum Gasteiger partial charge on any atom is 0.243 e. The molecule has 0 aromatic heterocycles. The van der Waals surface area contributed by atoms with E-state index in [0.29, 0.717) is 27.7 Å². The lowest BCUT2D eigenvalue weighted by molar-refractivity contribution is -0.141. The first-order chi connectivity index (χ1) is 17.2. The van der Waals surface area contributed by atoms with Crippen molar-refractivity contribution in [3.05, 3.63) is 63.1 Å². The van der Waals surface area contributed by atoms with Gasteiger partial charge in [0.15, 0.2) is 0 Å². The number of hydrogen-bond acceptors (Lipinski definition) is 4. The van der Waals surface area contributed by atoms with E-state index in [1.807, 2.05) is 52.8 Å². The van der Waals surface area contributed by atoms with Crippen molar-refractivity contribution in [3.63, 3.8) is 0 Å². The molecule has 0 spiro atoms. The average molecular weight is 571 g/mol. The second-order valence-electron chi connectivity index (χ2n) is 9.59. The topological polar surface area (TPSA) is 86.8 Å². The minimum atomic E-state index is -3.57. The van der Waals surface area contributed by atoms with Gasteiger partial charge >= 0.3 is 0 Å². The molecule has 0 aliphatic heterocycles. The fourth-order valence-corrected chi connectivity index (χ4v) is 5.72. The first kappa shape index (κ1) is 30.9. The molecule has 37 heavy (non-hydrogen) atoms. The second kappa shape index (κ2) is 13.5. The summed E-state index contributed by atoms with van der Waals surface area (Å²) >= 11 is 12.8. The van der Waals surface area contributed by atoms with Gasteiger partial charge < -0.3 is 10.2 Å². The highest BCUT2D eigenvalue weighted by atomic mass is 35.5. The number of nitrogens with one attached hydrogen (secondary N) is 1. The lowest BCUT2D eigenvalue weighted by atomic mass is 10.1. The molecule has 204 valence electrons. The van der Waals surface area contributed by atoms with Crippen molar-refractivity contribution in [3.8, 4) is 0 Å². The molecule has 10 heteroatoms. The minimum Gasteiger partial charge on any atom is -0.352 e. The zero-order valence-corrected chi connectivity index (χ0v) is 24.7. The third-order valence-electron chi connectivity index (χ3n) is 5.85. The molecule has 7 nitrogen and oxygen atoms in total. The maximum atomic E-state index is 13.5. The Morgan fingerprint density at radius 2 is 1.59 bits per heavy atom. The summed E-state index contributed by atoms with van der Waals surface area (Å²) in [6.07, 6.45) is 1.87. The van der Waals surface area contributed by atoms with Crippen LogP contribution in [0.4, 0.5) is 5.69 Å². The van der Waals surface area contributed by atoms with Crippen molar-refractivity contribution in [2.45, 2.75) is 72.5 Å². The van der Waals surface area contributed by atoms with Crippen molar-refractivity contribution in [1.29, 1.82) is 0 Å². The first-order valence-electron chi connectivity index (χ1n) is 12.3. The van der Waals surface area contributed by atoms with Gasteiger partial charge in [-0.05, 0) is 75.9 Å². The number of anilines is 1. The molecular weight excluding hydrogens is 533 g/mol. The summed E-state index contributed by atoms with van der Waals surface area (Å²) < 4.78 is 26.5. The summed E-state index contributed by atoms with van der Waals surface area (Å²) in [5.74, 6) is -0.544. The molecule has 0 radical (unpaired) electrons. The largest absolute Gasteiger partial charge is 0.352 e. The van der Waals surface area contributed by atoms with E-state index in [9.17, 15) is 18.0 Å². The standard InChI is InChI=1S/C27H37Cl2N3O4S/c1-7-25(27(34)30-18(2)3)31(17-22-23(28)10-8-11-24(22)29)26(33)12-9-13-32(37(6,35)36)21-15-19(4)14-20(5)16-21/h8,10-11,14-16,18,25H,7,9,12-13,17H2,1-6H3,(H,30,34). The van der Waals surface area contributed by atoms with Gasteiger partial charge in [0.25, 0.3) is 0 Å². The van der Waals surface area contributed by atoms with Crippen LogP contribution in [0.5, 0.6) is 0 Å². The molecular formula is C27H37Cl2N3O4S. The Morgan fingerprint density at radius 1 is 1.03 bits per heavy atom.